The summed E-state index contributed by atoms with van der Waals surface area (Å²) in [5.41, 5.74) is 5.42. The number of hydrogen-bond donors (Lipinski definition) is 0. The van der Waals surface area contributed by atoms with Crippen molar-refractivity contribution in [1.29, 1.82) is 0 Å². The van der Waals surface area contributed by atoms with Gasteiger partial charge in [-0.1, -0.05) is 23.8 Å². The quantitative estimate of drug-likeness (QED) is 0.634. The third kappa shape index (κ3) is 2.32. The number of thiophene rings is 1. The molecule has 0 unspecified atom stereocenters. The minimum absolute atomic E-state index is 0.0601. The second kappa shape index (κ2) is 5.58. The van der Waals surface area contributed by atoms with Crippen LogP contribution in [0.1, 0.15) is 16.7 Å². The first kappa shape index (κ1) is 14.8. The maximum Gasteiger partial charge on any atom is 0.259 e. The van der Waals surface area contributed by atoms with Crippen LogP contribution in [0.2, 0.25) is 0 Å². The summed E-state index contributed by atoms with van der Waals surface area (Å²) in [5, 5.41) is 3.14. The van der Waals surface area contributed by atoms with Crippen LogP contribution in [0, 0.1) is 20.8 Å². The third-order valence-corrected chi connectivity index (χ3v) is 4.90. The zero-order valence-electron chi connectivity index (χ0n) is 13.1. The number of nitrogens with zero attached hydrogens (tertiary/aromatic N) is 1. The molecule has 2 heterocycles. The Labute approximate surface area is 134 Å². The highest BCUT2D eigenvalue weighted by atomic mass is 32.1. The fraction of sp³-hybridized carbons (Fsp3) is 0.211. The van der Waals surface area contributed by atoms with Crippen molar-refractivity contribution in [1.82, 2.24) is 4.57 Å². The summed E-state index contributed by atoms with van der Waals surface area (Å²) >= 11 is 1.60. The molecule has 3 aromatic rings. The zero-order chi connectivity index (χ0) is 15.9. The van der Waals surface area contributed by atoms with Gasteiger partial charge in [0.25, 0.3) is 5.56 Å². The molecule has 0 aliphatic heterocycles. The van der Waals surface area contributed by atoms with Crippen LogP contribution in [0.3, 0.4) is 0 Å². The fourth-order valence-electron chi connectivity index (χ4n) is 3.17. The van der Waals surface area contributed by atoms with Crippen molar-refractivity contribution in [2.45, 2.75) is 27.3 Å². The van der Waals surface area contributed by atoms with Crippen molar-refractivity contribution in [2.75, 3.05) is 0 Å². The van der Waals surface area contributed by atoms with E-state index < -0.39 is 0 Å². The lowest BCUT2D eigenvalue weighted by Crippen LogP contribution is -2.21. The van der Waals surface area contributed by atoms with Gasteiger partial charge < -0.3 is 0 Å². The number of rotatable bonds is 3. The van der Waals surface area contributed by atoms with Gasteiger partial charge in [-0.2, -0.15) is 0 Å². The maximum atomic E-state index is 13.0. The topological polar surface area (TPSA) is 22.0 Å². The molecule has 22 heavy (non-hydrogen) atoms. The molecular weight excluding hydrogens is 290 g/mol. The van der Waals surface area contributed by atoms with Gasteiger partial charge in [0, 0.05) is 17.5 Å². The van der Waals surface area contributed by atoms with Gasteiger partial charge in [0.1, 0.15) is 4.83 Å². The molecule has 3 heteroatoms. The first-order valence-electron chi connectivity index (χ1n) is 7.33. The van der Waals surface area contributed by atoms with E-state index in [9.17, 15) is 4.79 Å². The lowest BCUT2D eigenvalue weighted by molar-refractivity contribution is 0.827. The average molecular weight is 309 g/mol. The van der Waals surface area contributed by atoms with Crippen LogP contribution < -0.4 is 5.56 Å². The molecule has 0 aliphatic carbocycles. The van der Waals surface area contributed by atoms with Gasteiger partial charge in [-0.25, -0.2) is 0 Å². The minimum Gasteiger partial charge on any atom is -0.295 e. The second-order valence-electron chi connectivity index (χ2n) is 5.72. The van der Waals surface area contributed by atoms with Gasteiger partial charge in [0.05, 0.1) is 0 Å². The van der Waals surface area contributed by atoms with Crippen molar-refractivity contribution in [3.63, 3.8) is 0 Å². The molecule has 0 saturated carbocycles. The van der Waals surface area contributed by atoms with E-state index in [2.05, 4.69) is 45.5 Å². The summed E-state index contributed by atoms with van der Waals surface area (Å²) < 4.78 is 1.82. The molecule has 0 fully saturated rings. The summed E-state index contributed by atoms with van der Waals surface area (Å²) in [5.74, 6) is 0. The Kier molecular flexibility index (Phi) is 3.75. The van der Waals surface area contributed by atoms with Crippen LogP contribution in [-0.4, -0.2) is 4.57 Å². The molecular formula is C19H19NOS. The Morgan fingerprint density at radius 2 is 1.86 bits per heavy atom. The number of hydrogen-bond acceptors (Lipinski definition) is 2. The van der Waals surface area contributed by atoms with E-state index in [4.69, 9.17) is 0 Å². The zero-order valence-corrected chi connectivity index (χ0v) is 14.0. The highest BCUT2D eigenvalue weighted by molar-refractivity contribution is 7.16. The number of pyridine rings is 1. The van der Waals surface area contributed by atoms with Gasteiger partial charge in [-0.3, -0.25) is 9.36 Å². The van der Waals surface area contributed by atoms with Crippen LogP contribution in [0.5, 0.6) is 0 Å². The molecule has 0 atom stereocenters. The van der Waals surface area contributed by atoms with Gasteiger partial charge in [0.2, 0.25) is 0 Å². The van der Waals surface area contributed by atoms with Crippen molar-refractivity contribution < 1.29 is 0 Å². The molecule has 112 valence electrons. The normalized spacial score (nSPS) is 11.0. The molecule has 3 rings (SSSR count). The van der Waals surface area contributed by atoms with Gasteiger partial charge in [0.15, 0.2) is 0 Å². The van der Waals surface area contributed by atoms with Crippen molar-refractivity contribution in [3.8, 4) is 11.1 Å². The van der Waals surface area contributed by atoms with E-state index in [1.165, 1.54) is 5.56 Å². The van der Waals surface area contributed by atoms with Gasteiger partial charge in [-0.05, 0) is 55.0 Å². The van der Waals surface area contributed by atoms with Crippen LogP contribution >= 0.6 is 11.3 Å². The highest BCUT2D eigenvalue weighted by Gasteiger charge is 2.15. The third-order valence-electron chi connectivity index (χ3n) is 3.95. The van der Waals surface area contributed by atoms with Crippen LogP contribution in [0.25, 0.3) is 21.3 Å². The lowest BCUT2D eigenvalue weighted by atomic mass is 9.94. The number of aromatic nitrogens is 1. The molecule has 0 saturated heterocycles. The first-order valence-corrected chi connectivity index (χ1v) is 8.21. The van der Waals surface area contributed by atoms with Gasteiger partial charge in [-0.15, -0.1) is 17.9 Å². The van der Waals surface area contributed by atoms with E-state index in [1.807, 2.05) is 16.0 Å². The van der Waals surface area contributed by atoms with Crippen molar-refractivity contribution in [2.24, 2.45) is 0 Å². The SMILES string of the molecule is C=CCn1c(=O)c(-c2c(C)cc(C)cc2C)cc2ccsc21. The van der Waals surface area contributed by atoms with Crippen LogP contribution in [-0.2, 0) is 6.54 Å². The number of benzene rings is 1. The standard InChI is InChI=1S/C19H19NOS/c1-5-7-20-18(21)16(11-15-6-8-22-19(15)20)17-13(3)9-12(2)10-14(17)4/h5-6,8-11H,1,7H2,2-4H3. The lowest BCUT2D eigenvalue weighted by Gasteiger charge is -2.14. The number of aryl methyl sites for hydroxylation is 3. The molecule has 0 bridgehead atoms. The van der Waals surface area contributed by atoms with E-state index in [-0.39, 0.29) is 5.56 Å². The smallest absolute Gasteiger partial charge is 0.259 e. The second-order valence-corrected chi connectivity index (χ2v) is 6.61. The molecule has 0 N–H and O–H groups in total. The summed E-state index contributed by atoms with van der Waals surface area (Å²) in [7, 11) is 0. The molecule has 0 aliphatic rings. The number of fused-ring (bicyclic) bond motifs is 1. The Morgan fingerprint density at radius 3 is 2.50 bits per heavy atom. The van der Waals surface area contributed by atoms with Crippen LogP contribution in [0.15, 0.2) is 47.1 Å². The largest absolute Gasteiger partial charge is 0.295 e. The molecule has 0 radical (unpaired) electrons. The Bertz CT molecular complexity index is 907. The van der Waals surface area contributed by atoms with Crippen LogP contribution in [0.4, 0.5) is 0 Å². The van der Waals surface area contributed by atoms with Gasteiger partial charge >= 0.3 is 0 Å². The maximum absolute atomic E-state index is 13.0. The summed E-state index contributed by atoms with van der Waals surface area (Å²) in [4.78, 5) is 14.0. The molecule has 2 aromatic heterocycles. The van der Waals surface area contributed by atoms with Crippen molar-refractivity contribution >= 4 is 21.6 Å². The molecule has 2 nitrogen and oxygen atoms in total. The summed E-state index contributed by atoms with van der Waals surface area (Å²) in [6.45, 7) is 10.6. The highest BCUT2D eigenvalue weighted by Crippen LogP contribution is 2.29. The fourth-order valence-corrected chi connectivity index (χ4v) is 4.07. The van der Waals surface area contributed by atoms with E-state index in [0.29, 0.717) is 6.54 Å². The minimum atomic E-state index is 0.0601. The molecule has 0 amide bonds. The monoisotopic (exact) mass is 309 g/mol. The molecule has 1 aromatic carbocycles. The van der Waals surface area contributed by atoms with E-state index in [0.717, 1.165) is 32.5 Å². The predicted molar refractivity (Wildman–Crippen MR) is 95.9 cm³/mol. The summed E-state index contributed by atoms with van der Waals surface area (Å²) in [6.07, 6.45) is 1.78. The number of allylic oxidation sites excluding steroid dienone is 1. The van der Waals surface area contributed by atoms with Crippen molar-refractivity contribution in [3.05, 3.63) is 69.3 Å². The first-order chi connectivity index (χ1) is 10.5. The predicted octanol–water partition coefficient (Wildman–Crippen LogP) is 4.84. The Morgan fingerprint density at radius 1 is 1.18 bits per heavy atom. The Balaban J connectivity index is 2.39. The van der Waals surface area contributed by atoms with E-state index >= 15 is 0 Å². The van der Waals surface area contributed by atoms with E-state index in [1.54, 1.807) is 17.4 Å². The average Bonchev–Trinajstić information content (AvgIpc) is 2.90. The summed E-state index contributed by atoms with van der Waals surface area (Å²) in [6, 6.07) is 8.37. The Hall–Kier alpha value is -2.13. The molecule has 0 spiro atoms.